The first-order valence-corrected chi connectivity index (χ1v) is 13.1. The minimum atomic E-state index is -0.725. The zero-order valence-corrected chi connectivity index (χ0v) is 20.9. The number of carbonyl (C=O) groups excluding carboxylic acids is 2. The standard InChI is InChI=1S/C27H43N3O4/c1-3-19(4-2)16-29(27(34)23(17-31)18-32)11-6-12-30-24-9-10-25(30)15-22(14-24)20-7-5-8-21(13-20)26(28)33/h5,7-8,13,19,22-25,31-32H,3-4,6,9-12,14-18H2,1-2H3,(H2,28,33). The molecule has 0 saturated carbocycles. The van der Waals surface area contributed by atoms with Crippen molar-refractivity contribution < 1.29 is 19.8 Å². The first-order chi connectivity index (χ1) is 16.4. The Morgan fingerprint density at radius 1 is 1.12 bits per heavy atom. The van der Waals surface area contributed by atoms with E-state index in [1.165, 1.54) is 18.4 Å². The number of piperidine rings is 1. The van der Waals surface area contributed by atoms with E-state index in [0.29, 0.717) is 42.6 Å². The monoisotopic (exact) mass is 473 g/mol. The smallest absolute Gasteiger partial charge is 0.248 e. The van der Waals surface area contributed by atoms with Crippen LogP contribution in [0.4, 0.5) is 0 Å². The van der Waals surface area contributed by atoms with E-state index >= 15 is 0 Å². The number of amides is 2. The minimum absolute atomic E-state index is 0.132. The van der Waals surface area contributed by atoms with Gasteiger partial charge in [-0.1, -0.05) is 38.8 Å². The number of rotatable bonds is 13. The molecule has 2 amide bonds. The van der Waals surface area contributed by atoms with Gasteiger partial charge in [0, 0.05) is 37.3 Å². The van der Waals surface area contributed by atoms with Crippen LogP contribution < -0.4 is 5.73 Å². The van der Waals surface area contributed by atoms with E-state index in [4.69, 9.17) is 5.73 Å². The van der Waals surface area contributed by atoms with E-state index in [9.17, 15) is 19.8 Å². The highest BCUT2D eigenvalue weighted by Gasteiger charge is 2.40. The number of aliphatic hydroxyl groups excluding tert-OH is 2. The molecule has 0 radical (unpaired) electrons. The Bertz CT molecular complexity index is 795. The maximum absolute atomic E-state index is 12.9. The second-order valence-electron chi connectivity index (χ2n) is 10.2. The predicted octanol–water partition coefficient (Wildman–Crippen LogP) is 2.75. The zero-order chi connectivity index (χ0) is 24.7. The van der Waals surface area contributed by atoms with Gasteiger partial charge in [-0.2, -0.15) is 0 Å². The molecule has 7 heteroatoms. The van der Waals surface area contributed by atoms with Gasteiger partial charge in [0.1, 0.15) is 0 Å². The number of hydrogen-bond donors (Lipinski definition) is 3. The molecule has 0 spiro atoms. The molecule has 2 heterocycles. The summed E-state index contributed by atoms with van der Waals surface area (Å²) in [6.07, 6.45) is 7.49. The second-order valence-corrected chi connectivity index (χ2v) is 10.2. The lowest BCUT2D eigenvalue weighted by molar-refractivity contribution is -0.139. The third kappa shape index (κ3) is 6.37. The average Bonchev–Trinajstić information content (AvgIpc) is 3.08. The van der Waals surface area contributed by atoms with Crippen LogP contribution in [0.2, 0.25) is 0 Å². The van der Waals surface area contributed by atoms with Gasteiger partial charge in [-0.05, 0) is 61.6 Å². The van der Waals surface area contributed by atoms with E-state index < -0.39 is 5.92 Å². The molecule has 1 aromatic carbocycles. The molecule has 1 aromatic rings. The molecule has 2 fully saturated rings. The summed E-state index contributed by atoms with van der Waals surface area (Å²) < 4.78 is 0. The summed E-state index contributed by atoms with van der Waals surface area (Å²) in [6.45, 7) is 5.96. The van der Waals surface area contributed by atoms with Gasteiger partial charge in [0.15, 0.2) is 0 Å². The van der Waals surface area contributed by atoms with E-state index in [1.54, 1.807) is 6.07 Å². The normalized spacial score (nSPS) is 22.5. The van der Waals surface area contributed by atoms with Crippen LogP contribution in [-0.4, -0.2) is 76.8 Å². The van der Waals surface area contributed by atoms with Gasteiger partial charge in [-0.3, -0.25) is 14.5 Å². The largest absolute Gasteiger partial charge is 0.395 e. The number of primary amides is 1. The first-order valence-electron chi connectivity index (χ1n) is 13.1. The molecule has 34 heavy (non-hydrogen) atoms. The SMILES string of the molecule is CCC(CC)CN(CCCN1C2CCC1CC(c1cccc(C(N)=O)c1)C2)C(=O)C(CO)CO. The molecular formula is C27H43N3O4. The van der Waals surface area contributed by atoms with Gasteiger partial charge in [0.25, 0.3) is 0 Å². The maximum Gasteiger partial charge on any atom is 0.248 e. The van der Waals surface area contributed by atoms with Gasteiger partial charge >= 0.3 is 0 Å². The fraction of sp³-hybridized carbons (Fsp3) is 0.704. The molecule has 2 bridgehead atoms. The number of fused-ring (bicyclic) bond motifs is 2. The number of carbonyl (C=O) groups is 2. The van der Waals surface area contributed by atoms with Crippen molar-refractivity contribution in [1.29, 1.82) is 0 Å². The predicted molar refractivity (Wildman–Crippen MR) is 133 cm³/mol. The Morgan fingerprint density at radius 2 is 1.76 bits per heavy atom. The number of hydrogen-bond acceptors (Lipinski definition) is 5. The van der Waals surface area contributed by atoms with Gasteiger partial charge in [0.2, 0.25) is 11.8 Å². The number of nitrogens with two attached hydrogens (primary N) is 1. The van der Waals surface area contributed by atoms with Crippen LogP contribution in [0.5, 0.6) is 0 Å². The van der Waals surface area contributed by atoms with Crippen LogP contribution in [-0.2, 0) is 4.79 Å². The van der Waals surface area contributed by atoms with Crippen molar-refractivity contribution in [3.05, 3.63) is 35.4 Å². The van der Waals surface area contributed by atoms with Gasteiger partial charge < -0.3 is 20.8 Å². The van der Waals surface area contributed by atoms with Crippen LogP contribution in [0.3, 0.4) is 0 Å². The lowest BCUT2D eigenvalue weighted by Gasteiger charge is -2.40. The molecule has 7 nitrogen and oxygen atoms in total. The number of benzene rings is 1. The fourth-order valence-corrected chi connectivity index (χ4v) is 5.92. The highest BCUT2D eigenvalue weighted by molar-refractivity contribution is 5.92. The molecular weight excluding hydrogens is 430 g/mol. The lowest BCUT2D eigenvalue weighted by Crippen LogP contribution is -2.45. The van der Waals surface area contributed by atoms with E-state index in [2.05, 4.69) is 24.8 Å². The topological polar surface area (TPSA) is 107 Å². The molecule has 190 valence electrons. The van der Waals surface area contributed by atoms with E-state index in [1.807, 2.05) is 17.0 Å². The Hall–Kier alpha value is -1.96. The highest BCUT2D eigenvalue weighted by Crippen LogP contribution is 2.43. The molecule has 2 atom stereocenters. The van der Waals surface area contributed by atoms with Crippen molar-refractivity contribution in [1.82, 2.24) is 9.80 Å². The summed E-state index contributed by atoms with van der Waals surface area (Å²) in [5.74, 6) is -0.342. The lowest BCUT2D eigenvalue weighted by atomic mass is 9.84. The van der Waals surface area contributed by atoms with Crippen LogP contribution >= 0.6 is 0 Å². The fourth-order valence-electron chi connectivity index (χ4n) is 5.92. The molecule has 2 unspecified atom stereocenters. The number of nitrogens with zero attached hydrogens (tertiary/aromatic N) is 2. The van der Waals surface area contributed by atoms with Crippen LogP contribution in [0.25, 0.3) is 0 Å². The maximum atomic E-state index is 12.9. The van der Waals surface area contributed by atoms with Crippen molar-refractivity contribution in [2.24, 2.45) is 17.6 Å². The van der Waals surface area contributed by atoms with Gasteiger partial charge in [-0.25, -0.2) is 0 Å². The molecule has 3 rings (SSSR count). The molecule has 2 aliphatic heterocycles. The summed E-state index contributed by atoms with van der Waals surface area (Å²) in [5, 5.41) is 19.1. The summed E-state index contributed by atoms with van der Waals surface area (Å²) in [4.78, 5) is 29.0. The highest BCUT2D eigenvalue weighted by atomic mass is 16.3. The molecule has 4 N–H and O–H groups in total. The van der Waals surface area contributed by atoms with E-state index in [-0.39, 0.29) is 25.0 Å². The minimum Gasteiger partial charge on any atom is -0.395 e. The van der Waals surface area contributed by atoms with E-state index in [0.717, 1.165) is 38.6 Å². The van der Waals surface area contributed by atoms with Crippen LogP contribution in [0, 0.1) is 11.8 Å². The first kappa shape index (κ1) is 26.6. The Balaban J connectivity index is 1.59. The summed E-state index contributed by atoms with van der Waals surface area (Å²) in [7, 11) is 0. The third-order valence-corrected chi connectivity index (χ3v) is 8.11. The Morgan fingerprint density at radius 3 is 2.32 bits per heavy atom. The summed E-state index contributed by atoms with van der Waals surface area (Å²) in [6, 6.07) is 8.86. The van der Waals surface area contributed by atoms with Crippen molar-refractivity contribution in [3.8, 4) is 0 Å². The van der Waals surface area contributed by atoms with Crippen LogP contribution in [0.15, 0.2) is 24.3 Å². The molecule has 2 aliphatic rings. The average molecular weight is 474 g/mol. The van der Waals surface area contributed by atoms with Crippen LogP contribution in [0.1, 0.15) is 80.6 Å². The summed E-state index contributed by atoms with van der Waals surface area (Å²) in [5.41, 5.74) is 7.28. The zero-order valence-electron chi connectivity index (χ0n) is 20.9. The molecule has 0 aliphatic carbocycles. The summed E-state index contributed by atoms with van der Waals surface area (Å²) >= 11 is 0. The van der Waals surface area contributed by atoms with Crippen molar-refractivity contribution >= 4 is 11.8 Å². The van der Waals surface area contributed by atoms with Crippen molar-refractivity contribution in [2.45, 2.75) is 76.8 Å². The second kappa shape index (κ2) is 12.7. The number of aliphatic hydroxyl groups is 2. The Labute approximate surface area is 204 Å². The van der Waals surface area contributed by atoms with Gasteiger partial charge in [-0.15, -0.1) is 0 Å². The Kier molecular flexibility index (Phi) is 9.92. The van der Waals surface area contributed by atoms with Crippen molar-refractivity contribution in [2.75, 3.05) is 32.8 Å². The molecule has 2 saturated heterocycles. The quantitative estimate of drug-likeness (QED) is 0.408. The third-order valence-electron chi connectivity index (χ3n) is 8.11. The van der Waals surface area contributed by atoms with Crippen molar-refractivity contribution in [3.63, 3.8) is 0 Å². The molecule has 0 aromatic heterocycles. The van der Waals surface area contributed by atoms with Gasteiger partial charge in [0.05, 0.1) is 19.1 Å².